The molecule has 0 aliphatic carbocycles. The third kappa shape index (κ3) is 4.23. The molecule has 0 spiro atoms. The van der Waals surface area contributed by atoms with E-state index in [-0.39, 0.29) is 5.82 Å². The number of methoxy groups -OCH3 is 2. The van der Waals surface area contributed by atoms with Gasteiger partial charge in [0, 0.05) is 44.9 Å². The van der Waals surface area contributed by atoms with Crippen LogP contribution in [-0.4, -0.2) is 59.2 Å². The molecule has 196 valence electrons. The van der Waals surface area contributed by atoms with Crippen molar-refractivity contribution in [3.63, 3.8) is 0 Å². The number of hydrogen-bond donors (Lipinski definition) is 1. The van der Waals surface area contributed by atoms with Crippen LogP contribution in [0.3, 0.4) is 0 Å². The fraction of sp³-hybridized carbons (Fsp3) is 0.308. The topological polar surface area (TPSA) is 141 Å². The maximum Gasteiger partial charge on any atom is 0.286 e. The van der Waals surface area contributed by atoms with Crippen LogP contribution in [0.2, 0.25) is 0 Å². The summed E-state index contributed by atoms with van der Waals surface area (Å²) in [5.74, 6) is 1.06. The Hall–Kier alpha value is -4.74. The Morgan fingerprint density at radius 1 is 1.05 bits per heavy atom. The van der Waals surface area contributed by atoms with Crippen LogP contribution in [0.15, 0.2) is 30.5 Å². The number of hydrogen-bond acceptors (Lipinski definition) is 8. The third-order valence-corrected chi connectivity index (χ3v) is 6.38. The van der Waals surface area contributed by atoms with E-state index in [2.05, 4.69) is 15.1 Å². The van der Waals surface area contributed by atoms with Crippen molar-refractivity contribution in [3.8, 4) is 34.4 Å². The monoisotopic (exact) mass is 515 g/mol. The predicted molar refractivity (Wildman–Crippen MR) is 141 cm³/mol. The van der Waals surface area contributed by atoms with Gasteiger partial charge in [-0.1, -0.05) is 6.07 Å². The van der Waals surface area contributed by atoms with Crippen LogP contribution >= 0.6 is 0 Å². The lowest BCUT2D eigenvalue weighted by Crippen LogP contribution is -2.16. The van der Waals surface area contributed by atoms with Crippen LogP contribution in [0, 0.1) is 6.92 Å². The fourth-order valence-corrected chi connectivity index (χ4v) is 4.60. The predicted octanol–water partition coefficient (Wildman–Crippen LogP) is 2.66. The molecule has 4 aromatic heterocycles. The van der Waals surface area contributed by atoms with Crippen molar-refractivity contribution in [2.24, 2.45) is 19.8 Å². The summed E-state index contributed by atoms with van der Waals surface area (Å²) in [5.41, 5.74) is 10.7. The molecule has 0 atom stereocenters. The summed E-state index contributed by atoms with van der Waals surface area (Å²) in [7, 11) is 6.87. The van der Waals surface area contributed by atoms with Crippen molar-refractivity contribution >= 4 is 16.9 Å². The van der Waals surface area contributed by atoms with Gasteiger partial charge >= 0.3 is 0 Å². The van der Waals surface area contributed by atoms with Gasteiger partial charge in [0.2, 0.25) is 5.82 Å². The number of carbonyl (C=O) groups is 1. The minimum Gasteiger partial charge on any atom is -0.497 e. The van der Waals surface area contributed by atoms with Crippen LogP contribution in [0.25, 0.3) is 33.9 Å². The molecule has 1 aromatic carbocycles. The number of carbonyl (C=O) groups excluding carboxylic acids is 1. The van der Waals surface area contributed by atoms with Gasteiger partial charge in [0.1, 0.15) is 22.9 Å². The van der Waals surface area contributed by atoms with Gasteiger partial charge in [-0.05, 0) is 26.0 Å². The second-order valence-corrected chi connectivity index (χ2v) is 8.93. The molecule has 0 aliphatic rings. The maximum atomic E-state index is 12.2. The lowest BCUT2D eigenvalue weighted by atomic mass is 10.0. The van der Waals surface area contributed by atoms with Crippen LogP contribution < -0.4 is 15.2 Å². The van der Waals surface area contributed by atoms with E-state index in [4.69, 9.17) is 25.3 Å². The zero-order chi connectivity index (χ0) is 27.1. The van der Waals surface area contributed by atoms with E-state index in [9.17, 15) is 4.79 Å². The van der Waals surface area contributed by atoms with Crippen molar-refractivity contribution in [2.75, 3.05) is 14.2 Å². The minimum absolute atomic E-state index is 0.108. The first-order chi connectivity index (χ1) is 18.2. The van der Waals surface area contributed by atoms with Crippen molar-refractivity contribution in [2.45, 2.75) is 26.8 Å². The molecule has 12 heteroatoms. The molecule has 0 radical (unpaired) electrons. The molecule has 2 N–H and O–H groups in total. The molecule has 4 heterocycles. The molecule has 38 heavy (non-hydrogen) atoms. The summed E-state index contributed by atoms with van der Waals surface area (Å²) >= 11 is 0. The minimum atomic E-state index is -0.734. The number of ether oxygens (including phenoxy) is 2. The number of nitrogens with zero attached hydrogens (tertiary/aromatic N) is 8. The summed E-state index contributed by atoms with van der Waals surface area (Å²) in [6, 6.07) is 7.62. The molecule has 0 aliphatic heterocycles. The molecule has 5 aromatic rings. The van der Waals surface area contributed by atoms with Crippen LogP contribution in [0.4, 0.5) is 0 Å². The van der Waals surface area contributed by atoms with E-state index >= 15 is 0 Å². The number of aromatic nitrogens is 8. The molecular weight excluding hydrogens is 486 g/mol. The van der Waals surface area contributed by atoms with Crippen molar-refractivity contribution in [1.29, 1.82) is 0 Å². The van der Waals surface area contributed by atoms with Crippen molar-refractivity contribution < 1.29 is 14.3 Å². The first-order valence-corrected chi connectivity index (χ1v) is 12.1. The molecule has 0 bridgehead atoms. The third-order valence-electron chi connectivity index (χ3n) is 6.38. The quantitative estimate of drug-likeness (QED) is 0.333. The number of primary amides is 1. The number of rotatable bonds is 8. The van der Waals surface area contributed by atoms with Crippen LogP contribution in [-0.2, 0) is 27.1 Å². The second-order valence-electron chi connectivity index (χ2n) is 8.93. The summed E-state index contributed by atoms with van der Waals surface area (Å²) in [5, 5.41) is 9.96. The Morgan fingerprint density at radius 3 is 2.53 bits per heavy atom. The number of nitrogens with two attached hydrogens (primary N) is 1. The lowest BCUT2D eigenvalue weighted by Gasteiger charge is -2.10. The summed E-state index contributed by atoms with van der Waals surface area (Å²) in [6.07, 6.45) is 2.34. The van der Waals surface area contributed by atoms with Gasteiger partial charge in [0.05, 0.1) is 36.7 Å². The van der Waals surface area contributed by atoms with Gasteiger partial charge in [0.25, 0.3) is 5.91 Å². The van der Waals surface area contributed by atoms with E-state index in [0.717, 1.165) is 22.6 Å². The zero-order valence-corrected chi connectivity index (χ0v) is 22.2. The first kappa shape index (κ1) is 24.9. The molecular formula is C26H29N9O3. The maximum absolute atomic E-state index is 12.2. The second kappa shape index (κ2) is 9.61. The van der Waals surface area contributed by atoms with E-state index in [1.807, 2.05) is 60.6 Å². The Bertz CT molecular complexity index is 1680. The Morgan fingerprint density at radius 2 is 1.84 bits per heavy atom. The average molecular weight is 516 g/mol. The molecule has 12 nitrogen and oxygen atoms in total. The molecule has 0 saturated carbocycles. The largest absolute Gasteiger partial charge is 0.497 e. The zero-order valence-electron chi connectivity index (χ0n) is 22.2. The summed E-state index contributed by atoms with van der Waals surface area (Å²) < 4.78 is 16.3. The smallest absolute Gasteiger partial charge is 0.286 e. The normalized spacial score (nSPS) is 11.3. The van der Waals surface area contributed by atoms with Gasteiger partial charge < -0.3 is 19.8 Å². The van der Waals surface area contributed by atoms with E-state index < -0.39 is 5.91 Å². The Balaban J connectivity index is 1.72. The van der Waals surface area contributed by atoms with E-state index in [1.54, 1.807) is 25.9 Å². The first-order valence-electron chi connectivity index (χ1n) is 12.1. The van der Waals surface area contributed by atoms with E-state index in [0.29, 0.717) is 52.7 Å². The van der Waals surface area contributed by atoms with Gasteiger partial charge in [-0.25, -0.2) is 15.0 Å². The Labute approximate surface area is 219 Å². The van der Waals surface area contributed by atoms with Crippen molar-refractivity contribution in [3.05, 3.63) is 53.2 Å². The highest BCUT2D eigenvalue weighted by atomic mass is 16.5. The number of fused-ring (bicyclic) bond motifs is 1. The fourth-order valence-electron chi connectivity index (χ4n) is 4.60. The molecule has 0 saturated heterocycles. The highest BCUT2D eigenvalue weighted by molar-refractivity contribution is 5.97. The molecule has 5 rings (SSSR count). The van der Waals surface area contributed by atoms with Gasteiger partial charge in [-0.3, -0.25) is 14.2 Å². The van der Waals surface area contributed by atoms with Gasteiger partial charge in [-0.15, -0.1) is 0 Å². The molecule has 0 unspecified atom stereocenters. The molecule has 1 amide bonds. The van der Waals surface area contributed by atoms with Gasteiger partial charge in [-0.2, -0.15) is 10.2 Å². The summed E-state index contributed by atoms with van der Waals surface area (Å²) in [4.78, 5) is 26.1. The van der Waals surface area contributed by atoms with Crippen LogP contribution in [0.5, 0.6) is 11.5 Å². The SMILES string of the molecule is CCn1nc(C)cc1-c1cn(C)c(-c2nc(C(N)=O)nc3c2c(Cc2ccc(OC)cc2OC)nn3C)n1. The standard InChI is InChI=1S/C26H29N9O3/c1-7-35-19(10-14(2)31-35)18-13-33(3)26(28-18)22-21-17(11-15-8-9-16(37-5)12-20(15)38-6)32-34(4)25(21)30-24(29-22)23(27)36/h8-10,12-13H,7,11H2,1-6H3,(H2,27,36). The van der Waals surface area contributed by atoms with E-state index in [1.165, 1.54) is 0 Å². The number of aryl methyl sites for hydroxylation is 4. The average Bonchev–Trinajstić information content (AvgIpc) is 3.58. The van der Waals surface area contributed by atoms with Crippen LogP contribution in [0.1, 0.15) is 34.5 Å². The van der Waals surface area contributed by atoms with Gasteiger partial charge in [0.15, 0.2) is 11.5 Å². The van der Waals surface area contributed by atoms with Crippen molar-refractivity contribution in [1.82, 2.24) is 39.1 Å². The lowest BCUT2D eigenvalue weighted by molar-refractivity contribution is 0.0991. The highest BCUT2D eigenvalue weighted by Gasteiger charge is 2.25. The highest BCUT2D eigenvalue weighted by Crippen LogP contribution is 2.33. The Kier molecular flexibility index (Phi) is 6.31. The number of amides is 1. The number of imidazole rings is 1. The number of benzene rings is 1. The summed E-state index contributed by atoms with van der Waals surface area (Å²) in [6.45, 7) is 4.68. The molecule has 0 fully saturated rings.